The van der Waals surface area contributed by atoms with Gasteiger partial charge in [0.05, 0.1) is 0 Å². The summed E-state index contributed by atoms with van der Waals surface area (Å²) in [4.78, 5) is 0. The Bertz CT molecular complexity index is 176. The van der Waals surface area contributed by atoms with E-state index in [1.807, 2.05) is 6.08 Å². The van der Waals surface area contributed by atoms with Gasteiger partial charge in [-0.05, 0) is 50.5 Å². The third kappa shape index (κ3) is 4.38. The van der Waals surface area contributed by atoms with Crippen molar-refractivity contribution in [2.75, 3.05) is 6.54 Å². The highest BCUT2D eigenvalue weighted by atomic mass is 14.9. The van der Waals surface area contributed by atoms with E-state index >= 15 is 0 Å². The minimum absolute atomic E-state index is 0.791. The molecule has 0 aromatic heterocycles. The second-order valence-corrected chi connectivity index (χ2v) is 5.11. The summed E-state index contributed by atoms with van der Waals surface area (Å²) in [6, 6.07) is 0.791. The van der Waals surface area contributed by atoms with E-state index in [1.54, 1.807) is 0 Å². The zero-order valence-electron chi connectivity index (χ0n) is 10.5. The van der Waals surface area contributed by atoms with E-state index in [0.717, 1.165) is 17.9 Å². The first-order chi connectivity index (χ1) is 7.25. The lowest BCUT2D eigenvalue weighted by Gasteiger charge is -2.19. The molecule has 1 nitrogen and oxygen atoms in total. The maximum Gasteiger partial charge on any atom is 0.00953 e. The van der Waals surface area contributed by atoms with Gasteiger partial charge in [0.1, 0.15) is 0 Å². The predicted octanol–water partition coefficient (Wildman–Crippen LogP) is 3.76. The summed E-state index contributed by atoms with van der Waals surface area (Å²) in [5.74, 6) is 1.79. The largest absolute Gasteiger partial charge is 0.314 e. The van der Waals surface area contributed by atoms with Gasteiger partial charge in [-0.3, -0.25) is 0 Å². The highest BCUT2D eigenvalue weighted by molar-refractivity contribution is 4.84. The van der Waals surface area contributed by atoms with E-state index in [2.05, 4.69) is 25.7 Å². The summed E-state index contributed by atoms with van der Waals surface area (Å²) in [7, 11) is 0. The van der Waals surface area contributed by atoms with Crippen LogP contribution in [-0.2, 0) is 0 Å². The van der Waals surface area contributed by atoms with Crippen molar-refractivity contribution in [3.05, 3.63) is 12.7 Å². The van der Waals surface area contributed by atoms with Gasteiger partial charge in [0.2, 0.25) is 0 Å². The predicted molar refractivity (Wildman–Crippen MR) is 68.0 cm³/mol. The molecule has 15 heavy (non-hydrogen) atoms. The van der Waals surface area contributed by atoms with Crippen molar-refractivity contribution < 1.29 is 0 Å². The van der Waals surface area contributed by atoms with Crippen molar-refractivity contribution in [1.29, 1.82) is 0 Å². The minimum atomic E-state index is 0.791. The lowest BCUT2D eigenvalue weighted by Crippen LogP contribution is -2.33. The Morgan fingerprint density at radius 2 is 2.00 bits per heavy atom. The summed E-state index contributed by atoms with van der Waals surface area (Å²) >= 11 is 0. The Morgan fingerprint density at radius 3 is 2.60 bits per heavy atom. The van der Waals surface area contributed by atoms with Crippen LogP contribution in [0.5, 0.6) is 0 Å². The van der Waals surface area contributed by atoms with Gasteiger partial charge in [-0.2, -0.15) is 0 Å². The molecular weight excluding hydrogens is 182 g/mol. The quantitative estimate of drug-likeness (QED) is 0.497. The monoisotopic (exact) mass is 209 g/mol. The molecule has 1 N–H and O–H groups in total. The Kier molecular flexibility index (Phi) is 6.00. The number of unbranched alkanes of at least 4 members (excludes halogenated alkanes) is 3. The molecule has 0 aromatic carbocycles. The van der Waals surface area contributed by atoms with E-state index in [4.69, 9.17) is 0 Å². The van der Waals surface area contributed by atoms with Crippen LogP contribution in [0.2, 0.25) is 0 Å². The molecule has 1 aliphatic rings. The molecule has 0 aromatic rings. The van der Waals surface area contributed by atoms with E-state index < -0.39 is 0 Å². The molecule has 0 spiro atoms. The van der Waals surface area contributed by atoms with Crippen molar-refractivity contribution in [3.8, 4) is 0 Å². The first-order valence-electron chi connectivity index (χ1n) is 6.60. The van der Waals surface area contributed by atoms with Gasteiger partial charge >= 0.3 is 0 Å². The number of nitrogens with one attached hydrogen (secondary N) is 1. The molecule has 0 heterocycles. The van der Waals surface area contributed by atoms with Gasteiger partial charge in [0.15, 0.2) is 0 Å². The summed E-state index contributed by atoms with van der Waals surface area (Å²) in [5.41, 5.74) is 0. The van der Waals surface area contributed by atoms with Gasteiger partial charge in [-0.15, -0.1) is 6.58 Å². The van der Waals surface area contributed by atoms with E-state index in [0.29, 0.717) is 0 Å². The second kappa shape index (κ2) is 7.05. The number of allylic oxidation sites excluding steroid dienone is 1. The molecule has 0 bridgehead atoms. The minimum Gasteiger partial charge on any atom is -0.314 e. The third-order valence-electron chi connectivity index (χ3n) is 3.96. The van der Waals surface area contributed by atoms with E-state index in [9.17, 15) is 0 Å². The van der Waals surface area contributed by atoms with Crippen LogP contribution in [0.25, 0.3) is 0 Å². The Labute approximate surface area is 95.3 Å². The average Bonchev–Trinajstić information content (AvgIpc) is 2.54. The summed E-state index contributed by atoms with van der Waals surface area (Å²) in [6.07, 6.45) is 9.97. The molecule has 0 aliphatic heterocycles. The standard InChI is InChI=1S/C14H27N/c1-4-5-6-7-8-11-15-14-10-9-12(2)13(14)3/h4,12-15H,1,5-11H2,2-3H3. The van der Waals surface area contributed by atoms with Crippen LogP contribution in [0.4, 0.5) is 0 Å². The zero-order chi connectivity index (χ0) is 11.1. The third-order valence-corrected chi connectivity index (χ3v) is 3.96. The fraction of sp³-hybridized carbons (Fsp3) is 0.857. The van der Waals surface area contributed by atoms with Crippen molar-refractivity contribution >= 4 is 0 Å². The molecule has 0 amide bonds. The second-order valence-electron chi connectivity index (χ2n) is 5.11. The molecule has 0 saturated heterocycles. The number of hydrogen-bond acceptors (Lipinski definition) is 1. The van der Waals surface area contributed by atoms with Crippen molar-refractivity contribution in [1.82, 2.24) is 5.32 Å². The molecule has 0 radical (unpaired) electrons. The molecule has 1 rings (SSSR count). The van der Waals surface area contributed by atoms with Gasteiger partial charge in [-0.25, -0.2) is 0 Å². The van der Waals surface area contributed by atoms with Crippen molar-refractivity contribution in [2.45, 2.75) is 58.4 Å². The highest BCUT2D eigenvalue weighted by Gasteiger charge is 2.28. The van der Waals surface area contributed by atoms with Crippen molar-refractivity contribution in [3.63, 3.8) is 0 Å². The average molecular weight is 209 g/mol. The topological polar surface area (TPSA) is 12.0 Å². The molecule has 3 atom stereocenters. The summed E-state index contributed by atoms with van der Waals surface area (Å²) in [5, 5.41) is 3.71. The van der Waals surface area contributed by atoms with Gasteiger partial charge in [-0.1, -0.05) is 26.3 Å². The normalized spacial score (nSPS) is 30.7. The molecule has 1 saturated carbocycles. The van der Waals surface area contributed by atoms with E-state index in [1.165, 1.54) is 45.1 Å². The maximum absolute atomic E-state index is 3.74. The number of hydrogen-bond donors (Lipinski definition) is 1. The zero-order valence-corrected chi connectivity index (χ0v) is 10.5. The molecule has 1 heteroatoms. The fourth-order valence-electron chi connectivity index (χ4n) is 2.53. The lowest BCUT2D eigenvalue weighted by atomic mass is 9.98. The summed E-state index contributed by atoms with van der Waals surface area (Å²) < 4.78 is 0. The fourth-order valence-corrected chi connectivity index (χ4v) is 2.53. The SMILES string of the molecule is C=CCCCCCNC1CCC(C)C1C. The van der Waals surface area contributed by atoms with Crippen LogP contribution >= 0.6 is 0 Å². The van der Waals surface area contributed by atoms with Gasteiger partial charge in [0, 0.05) is 6.04 Å². The van der Waals surface area contributed by atoms with Crippen LogP contribution in [0, 0.1) is 11.8 Å². The van der Waals surface area contributed by atoms with Crippen LogP contribution in [0.1, 0.15) is 52.4 Å². The Morgan fingerprint density at radius 1 is 1.20 bits per heavy atom. The van der Waals surface area contributed by atoms with Crippen LogP contribution in [-0.4, -0.2) is 12.6 Å². The molecule has 3 unspecified atom stereocenters. The molecule has 88 valence electrons. The first-order valence-corrected chi connectivity index (χ1v) is 6.60. The molecular formula is C14H27N. The van der Waals surface area contributed by atoms with Crippen LogP contribution in [0.15, 0.2) is 12.7 Å². The van der Waals surface area contributed by atoms with Crippen LogP contribution < -0.4 is 5.32 Å². The highest BCUT2D eigenvalue weighted by Crippen LogP contribution is 2.30. The summed E-state index contributed by atoms with van der Waals surface area (Å²) in [6.45, 7) is 9.73. The maximum atomic E-state index is 3.74. The van der Waals surface area contributed by atoms with Crippen molar-refractivity contribution in [2.24, 2.45) is 11.8 Å². The van der Waals surface area contributed by atoms with Gasteiger partial charge in [0.25, 0.3) is 0 Å². The smallest absolute Gasteiger partial charge is 0.00953 e. The lowest BCUT2D eigenvalue weighted by molar-refractivity contribution is 0.368. The Balaban J connectivity index is 1.98. The molecule has 1 aliphatic carbocycles. The van der Waals surface area contributed by atoms with E-state index in [-0.39, 0.29) is 0 Å². The first kappa shape index (κ1) is 12.8. The number of rotatable bonds is 7. The van der Waals surface area contributed by atoms with Gasteiger partial charge < -0.3 is 5.32 Å². The Hall–Kier alpha value is -0.300. The molecule has 1 fully saturated rings. The van der Waals surface area contributed by atoms with Crippen LogP contribution in [0.3, 0.4) is 0 Å².